The van der Waals surface area contributed by atoms with Crippen LogP contribution in [0.4, 0.5) is 0 Å². The van der Waals surface area contributed by atoms with Crippen LogP contribution in [0, 0.1) is 11.8 Å². The first-order chi connectivity index (χ1) is 13.2. The van der Waals surface area contributed by atoms with Gasteiger partial charge < -0.3 is 14.2 Å². The summed E-state index contributed by atoms with van der Waals surface area (Å²) in [6.45, 7) is 6.47. The van der Waals surface area contributed by atoms with Crippen LogP contribution in [0.25, 0.3) is 10.9 Å². The summed E-state index contributed by atoms with van der Waals surface area (Å²) < 4.78 is 30.4. The quantitative estimate of drug-likeness (QED) is 0.658. The van der Waals surface area contributed by atoms with Crippen LogP contribution in [0.2, 0.25) is 0 Å². The lowest BCUT2D eigenvalue weighted by molar-refractivity contribution is -0.136. The van der Waals surface area contributed by atoms with Crippen molar-refractivity contribution in [3.05, 3.63) is 24.4 Å². The van der Waals surface area contributed by atoms with Crippen LogP contribution in [0.15, 0.2) is 24.4 Å². The van der Waals surface area contributed by atoms with Crippen LogP contribution < -0.4 is 4.74 Å². The van der Waals surface area contributed by atoms with Crippen LogP contribution in [-0.2, 0) is 25.8 Å². The Morgan fingerprint density at radius 2 is 2.07 bits per heavy atom. The molecule has 0 saturated carbocycles. The molecule has 154 valence electrons. The van der Waals surface area contributed by atoms with Gasteiger partial charge in [-0.3, -0.25) is 9.48 Å². The number of aryl methyl sites for hydroxylation is 1. The number of aromatic nitrogens is 2. The topological polar surface area (TPSA) is 87.5 Å². The molecule has 1 aromatic carbocycles. The van der Waals surface area contributed by atoms with E-state index in [-0.39, 0.29) is 17.6 Å². The molecular formula is C20H29N3O4S. The van der Waals surface area contributed by atoms with E-state index in [0.29, 0.717) is 19.1 Å². The number of carbonyl (C=O) groups excluding carboxylic acids is 1. The molecule has 1 fully saturated rings. The fourth-order valence-electron chi connectivity index (χ4n) is 3.48. The number of fused-ring (bicyclic) bond motifs is 1. The summed E-state index contributed by atoms with van der Waals surface area (Å²) in [5.74, 6) is 1.59. The van der Waals surface area contributed by atoms with E-state index in [9.17, 15) is 13.6 Å². The molecule has 0 radical (unpaired) electrons. The summed E-state index contributed by atoms with van der Waals surface area (Å²) in [5.41, 5.74) is 0.900. The molecular weight excluding hydrogens is 378 g/mol. The first-order valence-electron chi connectivity index (χ1n) is 9.78. The van der Waals surface area contributed by atoms with Gasteiger partial charge in [0.05, 0.1) is 31.1 Å². The maximum atomic E-state index is 12.1. The first kappa shape index (κ1) is 20.8. The molecule has 1 unspecified atom stereocenters. The number of benzene rings is 1. The van der Waals surface area contributed by atoms with Crippen molar-refractivity contribution in [2.24, 2.45) is 11.8 Å². The van der Waals surface area contributed by atoms with Crippen LogP contribution in [0.3, 0.4) is 0 Å². The minimum atomic E-state index is -3.02. The Balaban J connectivity index is 1.53. The Hall–Kier alpha value is -1.93. The zero-order valence-corrected chi connectivity index (χ0v) is 17.6. The van der Waals surface area contributed by atoms with Gasteiger partial charge in [-0.2, -0.15) is 5.10 Å². The molecule has 0 bridgehead atoms. The molecule has 2 heterocycles. The van der Waals surface area contributed by atoms with E-state index in [2.05, 4.69) is 5.10 Å². The summed E-state index contributed by atoms with van der Waals surface area (Å²) in [6.07, 6.45) is 4.89. The lowest BCUT2D eigenvalue weighted by atomic mass is 9.97. The highest BCUT2D eigenvalue weighted by Crippen LogP contribution is 2.24. The molecule has 7 nitrogen and oxygen atoms in total. The lowest BCUT2D eigenvalue weighted by Gasteiger charge is -2.33. The van der Waals surface area contributed by atoms with Gasteiger partial charge >= 0.3 is 0 Å². The zero-order valence-electron chi connectivity index (χ0n) is 16.8. The highest BCUT2D eigenvalue weighted by Gasteiger charge is 2.24. The number of rotatable bonds is 7. The Bertz CT molecular complexity index is 865. The van der Waals surface area contributed by atoms with E-state index in [1.165, 1.54) is 6.26 Å². The Labute approximate surface area is 167 Å². The molecule has 0 aliphatic carbocycles. The van der Waals surface area contributed by atoms with Crippen molar-refractivity contribution in [3.63, 3.8) is 0 Å². The second kappa shape index (κ2) is 8.61. The number of hydrogen-bond acceptors (Lipinski definition) is 5. The smallest absolute Gasteiger partial charge is 0.225 e. The van der Waals surface area contributed by atoms with Gasteiger partial charge in [-0.1, -0.05) is 13.8 Å². The number of ether oxygens (including phenoxy) is 1. The molecule has 0 spiro atoms. The second-order valence-corrected chi connectivity index (χ2v) is 10.2. The Morgan fingerprint density at radius 3 is 2.71 bits per heavy atom. The van der Waals surface area contributed by atoms with Crippen molar-refractivity contribution in [2.75, 3.05) is 31.7 Å². The van der Waals surface area contributed by atoms with Gasteiger partial charge in [0.15, 0.2) is 0 Å². The number of amides is 1. The van der Waals surface area contributed by atoms with Gasteiger partial charge in [-0.05, 0) is 37.0 Å². The third kappa shape index (κ3) is 5.32. The summed E-state index contributed by atoms with van der Waals surface area (Å²) >= 11 is 0. The van der Waals surface area contributed by atoms with Gasteiger partial charge in [0.25, 0.3) is 0 Å². The maximum Gasteiger partial charge on any atom is 0.225 e. The van der Waals surface area contributed by atoms with Crippen molar-refractivity contribution in [1.82, 2.24) is 14.7 Å². The molecule has 0 N–H and O–H groups in total. The third-order valence-electron chi connectivity index (χ3n) is 5.19. The molecule has 2 aromatic rings. The van der Waals surface area contributed by atoms with E-state index in [1.807, 2.05) is 36.9 Å². The predicted molar refractivity (Wildman–Crippen MR) is 109 cm³/mol. The van der Waals surface area contributed by atoms with Gasteiger partial charge in [-0.25, -0.2) is 0 Å². The van der Waals surface area contributed by atoms with E-state index >= 15 is 0 Å². The fraction of sp³-hybridized carbons (Fsp3) is 0.600. The summed E-state index contributed by atoms with van der Waals surface area (Å²) in [4.78, 5) is 14.0. The SMILES string of the molecule is CC(C)C(=O)N1CCC(COc2ccc3c(cnn3CC[S+](C)(=O)[O-])c2)CC1. The van der Waals surface area contributed by atoms with Gasteiger partial charge in [0.2, 0.25) is 5.91 Å². The summed E-state index contributed by atoms with van der Waals surface area (Å²) in [6, 6.07) is 5.76. The number of likely N-dealkylation sites (tertiary alicyclic amines) is 1. The average molecular weight is 408 g/mol. The van der Waals surface area contributed by atoms with Crippen molar-refractivity contribution >= 4 is 27.0 Å². The van der Waals surface area contributed by atoms with Crippen LogP contribution in [-0.4, -0.2) is 56.8 Å². The monoisotopic (exact) mass is 407 g/mol. The molecule has 1 amide bonds. The molecule has 1 aliphatic heterocycles. The molecule has 1 atom stereocenters. The summed E-state index contributed by atoms with van der Waals surface area (Å²) in [5, 5.41) is 5.22. The summed E-state index contributed by atoms with van der Waals surface area (Å²) in [7, 11) is -3.02. The van der Waals surface area contributed by atoms with E-state index < -0.39 is 10.2 Å². The highest BCUT2D eigenvalue weighted by atomic mass is 32.3. The maximum absolute atomic E-state index is 12.1. The van der Waals surface area contributed by atoms with Crippen molar-refractivity contribution in [1.29, 1.82) is 0 Å². The number of nitrogens with zero attached hydrogens (tertiary/aromatic N) is 3. The molecule has 3 rings (SSSR count). The molecule has 1 aromatic heterocycles. The van der Waals surface area contributed by atoms with E-state index in [4.69, 9.17) is 4.74 Å². The normalized spacial score (nSPS) is 17.8. The van der Waals surface area contributed by atoms with E-state index in [1.54, 1.807) is 10.9 Å². The van der Waals surface area contributed by atoms with Crippen molar-refractivity contribution in [2.45, 2.75) is 33.2 Å². The fourth-order valence-corrected chi connectivity index (χ4v) is 3.99. The number of hydrogen-bond donors (Lipinski definition) is 0. The highest BCUT2D eigenvalue weighted by molar-refractivity contribution is 7.96. The van der Waals surface area contributed by atoms with Crippen LogP contribution >= 0.6 is 0 Å². The predicted octanol–water partition coefficient (Wildman–Crippen LogP) is 2.57. The van der Waals surface area contributed by atoms with Gasteiger partial charge in [0, 0.05) is 34.6 Å². The van der Waals surface area contributed by atoms with E-state index in [0.717, 1.165) is 42.6 Å². The van der Waals surface area contributed by atoms with Gasteiger partial charge in [-0.15, -0.1) is 4.21 Å². The molecule has 8 heteroatoms. The standard InChI is InChI=1S/C20H29N3O4S/c1-15(2)20(24)22-8-6-16(7-9-22)14-27-18-4-5-19-17(12-18)13-21-23(19)10-11-28(3,25)26/h4-5,12-13,15-16H,6-11,14H2,1-3H3. The van der Waals surface area contributed by atoms with Crippen LogP contribution in [0.1, 0.15) is 26.7 Å². The average Bonchev–Trinajstić information content (AvgIpc) is 3.06. The van der Waals surface area contributed by atoms with Crippen LogP contribution in [0.5, 0.6) is 5.75 Å². The number of carbonyl (C=O) groups is 1. The zero-order chi connectivity index (χ0) is 20.3. The largest absolute Gasteiger partial charge is 0.615 e. The lowest BCUT2D eigenvalue weighted by Crippen LogP contribution is -2.41. The number of sulfone groups is 1. The Morgan fingerprint density at radius 1 is 1.36 bits per heavy atom. The van der Waals surface area contributed by atoms with Crippen molar-refractivity contribution in [3.8, 4) is 5.75 Å². The Kier molecular flexibility index (Phi) is 6.40. The molecule has 28 heavy (non-hydrogen) atoms. The number of piperidine rings is 1. The second-order valence-electron chi connectivity index (χ2n) is 7.95. The minimum Gasteiger partial charge on any atom is -0.615 e. The molecule has 1 saturated heterocycles. The third-order valence-corrected chi connectivity index (χ3v) is 6.12. The first-order valence-corrected chi connectivity index (χ1v) is 11.8. The molecule has 1 aliphatic rings. The van der Waals surface area contributed by atoms with Crippen molar-refractivity contribution < 1.29 is 18.3 Å². The minimum absolute atomic E-state index is 0.0536. The van der Waals surface area contributed by atoms with Gasteiger partial charge in [0.1, 0.15) is 11.5 Å².